The summed E-state index contributed by atoms with van der Waals surface area (Å²) >= 11 is 0. The van der Waals surface area contributed by atoms with Crippen molar-refractivity contribution in [3.8, 4) is 0 Å². The highest BCUT2D eigenvalue weighted by molar-refractivity contribution is 4.81. The Morgan fingerprint density at radius 1 is 1.21 bits per heavy atom. The molecule has 0 aromatic heterocycles. The summed E-state index contributed by atoms with van der Waals surface area (Å²) in [5.74, 6) is 0.788. The van der Waals surface area contributed by atoms with Crippen molar-refractivity contribution < 1.29 is 0 Å². The van der Waals surface area contributed by atoms with E-state index in [1.165, 1.54) is 26.1 Å². The van der Waals surface area contributed by atoms with Gasteiger partial charge >= 0.3 is 0 Å². The first-order valence-corrected chi connectivity index (χ1v) is 5.67. The smallest absolute Gasteiger partial charge is 0.0143 e. The Morgan fingerprint density at radius 3 is 2.50 bits per heavy atom. The second-order valence-corrected chi connectivity index (χ2v) is 4.82. The van der Waals surface area contributed by atoms with E-state index in [9.17, 15) is 0 Å². The van der Waals surface area contributed by atoms with Gasteiger partial charge in [-0.05, 0) is 46.6 Å². The zero-order valence-electron chi connectivity index (χ0n) is 10.1. The fourth-order valence-corrected chi connectivity index (χ4v) is 2.18. The topological polar surface area (TPSA) is 18.5 Å². The summed E-state index contributed by atoms with van der Waals surface area (Å²) in [5, 5.41) is 3.45. The van der Waals surface area contributed by atoms with Crippen molar-refractivity contribution in [2.75, 3.05) is 47.3 Å². The minimum Gasteiger partial charge on any atom is -0.316 e. The van der Waals surface area contributed by atoms with Crippen molar-refractivity contribution in [3.05, 3.63) is 0 Å². The summed E-state index contributed by atoms with van der Waals surface area (Å²) in [7, 11) is 6.54. The van der Waals surface area contributed by atoms with Crippen molar-refractivity contribution in [1.29, 1.82) is 0 Å². The van der Waals surface area contributed by atoms with Crippen molar-refractivity contribution >= 4 is 0 Å². The first-order chi connectivity index (χ1) is 6.61. The summed E-state index contributed by atoms with van der Waals surface area (Å²) in [6, 6.07) is 0.774. The fraction of sp³-hybridized carbons (Fsp3) is 1.00. The molecule has 1 saturated heterocycles. The molecule has 0 bridgehead atoms. The zero-order chi connectivity index (χ0) is 10.6. The van der Waals surface area contributed by atoms with Crippen LogP contribution in [-0.4, -0.2) is 63.2 Å². The maximum absolute atomic E-state index is 3.45. The number of nitrogens with zero attached hydrogens (tertiary/aromatic N) is 2. The van der Waals surface area contributed by atoms with Crippen LogP contribution in [0.3, 0.4) is 0 Å². The lowest BCUT2D eigenvalue weighted by Crippen LogP contribution is -2.48. The minimum atomic E-state index is 0.774. The molecule has 14 heavy (non-hydrogen) atoms. The predicted octanol–water partition coefficient (Wildman–Crippen LogP) is 0.478. The van der Waals surface area contributed by atoms with Gasteiger partial charge in [-0.25, -0.2) is 0 Å². The molecule has 84 valence electrons. The monoisotopic (exact) mass is 199 g/mol. The van der Waals surface area contributed by atoms with Gasteiger partial charge in [-0.1, -0.05) is 6.92 Å². The summed E-state index contributed by atoms with van der Waals surface area (Å²) < 4.78 is 0. The molecular formula is C11H25N3. The van der Waals surface area contributed by atoms with E-state index in [1.807, 2.05) is 0 Å². The Bertz CT molecular complexity index is 159. The first kappa shape index (κ1) is 12.0. The van der Waals surface area contributed by atoms with Crippen molar-refractivity contribution in [2.45, 2.75) is 19.4 Å². The van der Waals surface area contributed by atoms with Gasteiger partial charge < -0.3 is 15.1 Å². The molecule has 0 saturated carbocycles. The Balaban J connectivity index is 2.30. The molecule has 3 heteroatoms. The molecule has 1 N–H and O–H groups in total. The molecule has 0 aromatic carbocycles. The van der Waals surface area contributed by atoms with Gasteiger partial charge in [0.25, 0.3) is 0 Å². The molecule has 1 fully saturated rings. The average molecular weight is 199 g/mol. The van der Waals surface area contributed by atoms with Crippen LogP contribution >= 0.6 is 0 Å². The third kappa shape index (κ3) is 3.56. The second kappa shape index (κ2) is 5.69. The Kier molecular flexibility index (Phi) is 4.85. The average Bonchev–Trinajstić information content (AvgIpc) is 2.15. The van der Waals surface area contributed by atoms with E-state index in [0.717, 1.165) is 18.5 Å². The summed E-state index contributed by atoms with van der Waals surface area (Å²) in [6.45, 7) is 7.05. The van der Waals surface area contributed by atoms with Gasteiger partial charge in [0, 0.05) is 19.1 Å². The van der Waals surface area contributed by atoms with Crippen LogP contribution in [0.2, 0.25) is 0 Å². The number of nitrogens with one attached hydrogen (secondary N) is 1. The van der Waals surface area contributed by atoms with Crippen LogP contribution in [0.4, 0.5) is 0 Å². The normalized spacial score (nSPS) is 28.7. The fourth-order valence-electron chi connectivity index (χ4n) is 2.18. The van der Waals surface area contributed by atoms with E-state index < -0.39 is 0 Å². The molecule has 0 radical (unpaired) electrons. The molecule has 0 aromatic rings. The van der Waals surface area contributed by atoms with Crippen LogP contribution in [0.25, 0.3) is 0 Å². The van der Waals surface area contributed by atoms with Gasteiger partial charge in [-0.2, -0.15) is 0 Å². The second-order valence-electron chi connectivity index (χ2n) is 4.82. The molecule has 1 heterocycles. The summed E-state index contributed by atoms with van der Waals surface area (Å²) in [4.78, 5) is 4.77. The third-order valence-electron chi connectivity index (χ3n) is 3.21. The van der Waals surface area contributed by atoms with Gasteiger partial charge in [0.1, 0.15) is 0 Å². The number of piperidine rings is 1. The Labute approximate surface area is 88.5 Å². The maximum Gasteiger partial charge on any atom is 0.0143 e. The maximum atomic E-state index is 3.45. The first-order valence-electron chi connectivity index (χ1n) is 5.67. The molecule has 0 spiro atoms. The highest BCUT2D eigenvalue weighted by Crippen LogP contribution is 2.15. The number of hydrogen-bond acceptors (Lipinski definition) is 3. The molecule has 0 aliphatic carbocycles. The molecule has 3 nitrogen and oxygen atoms in total. The van der Waals surface area contributed by atoms with Crippen LogP contribution in [0.5, 0.6) is 0 Å². The van der Waals surface area contributed by atoms with Crippen LogP contribution in [-0.2, 0) is 0 Å². The highest BCUT2D eigenvalue weighted by atomic mass is 15.2. The number of hydrogen-bond donors (Lipinski definition) is 1. The molecule has 2 atom stereocenters. The number of rotatable bonds is 4. The van der Waals surface area contributed by atoms with Crippen molar-refractivity contribution in [1.82, 2.24) is 15.1 Å². The SMILES string of the molecule is CC1CNCCC1N(C)CCN(C)C. The lowest BCUT2D eigenvalue weighted by Gasteiger charge is -2.37. The van der Waals surface area contributed by atoms with Crippen LogP contribution in [0.1, 0.15) is 13.3 Å². The Hall–Kier alpha value is -0.120. The van der Waals surface area contributed by atoms with Crippen LogP contribution < -0.4 is 5.32 Å². The molecular weight excluding hydrogens is 174 g/mol. The van der Waals surface area contributed by atoms with Gasteiger partial charge in [0.2, 0.25) is 0 Å². The van der Waals surface area contributed by atoms with Crippen molar-refractivity contribution in [2.24, 2.45) is 5.92 Å². The van der Waals surface area contributed by atoms with E-state index in [1.54, 1.807) is 0 Å². The lowest BCUT2D eigenvalue weighted by atomic mass is 9.94. The van der Waals surface area contributed by atoms with Crippen molar-refractivity contribution in [3.63, 3.8) is 0 Å². The summed E-state index contributed by atoms with van der Waals surface area (Å²) in [5.41, 5.74) is 0. The minimum absolute atomic E-state index is 0.774. The molecule has 0 amide bonds. The van der Waals surface area contributed by atoms with Gasteiger partial charge in [0.15, 0.2) is 0 Å². The quantitative estimate of drug-likeness (QED) is 0.710. The van der Waals surface area contributed by atoms with E-state index >= 15 is 0 Å². The van der Waals surface area contributed by atoms with E-state index in [2.05, 4.69) is 43.2 Å². The molecule has 2 unspecified atom stereocenters. The van der Waals surface area contributed by atoms with Gasteiger partial charge in [-0.3, -0.25) is 0 Å². The van der Waals surface area contributed by atoms with E-state index in [-0.39, 0.29) is 0 Å². The van der Waals surface area contributed by atoms with E-state index in [4.69, 9.17) is 0 Å². The Morgan fingerprint density at radius 2 is 1.93 bits per heavy atom. The predicted molar refractivity (Wildman–Crippen MR) is 61.6 cm³/mol. The standard InChI is InChI=1S/C11H25N3/c1-10-9-12-6-5-11(10)14(4)8-7-13(2)3/h10-12H,5-9H2,1-4H3. The van der Waals surface area contributed by atoms with Gasteiger partial charge in [-0.15, -0.1) is 0 Å². The van der Waals surface area contributed by atoms with Crippen LogP contribution in [0.15, 0.2) is 0 Å². The highest BCUT2D eigenvalue weighted by Gasteiger charge is 2.24. The molecule has 1 aliphatic heterocycles. The molecule has 1 aliphatic rings. The summed E-state index contributed by atoms with van der Waals surface area (Å²) in [6.07, 6.45) is 1.30. The van der Waals surface area contributed by atoms with Crippen LogP contribution in [0, 0.1) is 5.92 Å². The number of likely N-dealkylation sites (N-methyl/N-ethyl adjacent to an activating group) is 2. The molecule has 1 rings (SSSR count). The largest absolute Gasteiger partial charge is 0.316 e. The third-order valence-corrected chi connectivity index (χ3v) is 3.21. The van der Waals surface area contributed by atoms with Gasteiger partial charge in [0.05, 0.1) is 0 Å². The zero-order valence-corrected chi connectivity index (χ0v) is 10.1. The lowest BCUT2D eigenvalue weighted by molar-refractivity contribution is 0.139. The van der Waals surface area contributed by atoms with E-state index in [0.29, 0.717) is 0 Å².